The predicted octanol–water partition coefficient (Wildman–Crippen LogP) is 3.70. The molecule has 1 atom stereocenters. The molecule has 0 amide bonds. The summed E-state index contributed by atoms with van der Waals surface area (Å²) in [5.41, 5.74) is 1.08. The van der Waals surface area contributed by atoms with E-state index >= 15 is 0 Å². The Morgan fingerprint density at radius 3 is 2.52 bits per heavy atom. The molecule has 0 saturated heterocycles. The van der Waals surface area contributed by atoms with Crippen molar-refractivity contribution < 1.29 is 35.8 Å². The fourth-order valence-corrected chi connectivity index (χ4v) is 2.35. The first kappa shape index (κ1) is 20.8. The maximum atomic E-state index is 14.2. The Morgan fingerprint density at radius 2 is 1.90 bits per heavy atom. The van der Waals surface area contributed by atoms with E-state index < -0.39 is 37.2 Å². The Labute approximate surface area is 159 Å². The van der Waals surface area contributed by atoms with E-state index in [-0.39, 0.29) is 22.7 Å². The van der Waals surface area contributed by atoms with E-state index in [2.05, 4.69) is 29.8 Å². The molecule has 3 heterocycles. The molecule has 0 aromatic carbocycles. The van der Waals surface area contributed by atoms with Gasteiger partial charge in [0.15, 0.2) is 23.4 Å². The normalized spacial score (nSPS) is 13.3. The molecule has 156 valence electrons. The third kappa shape index (κ3) is 4.55. The number of halogens is 6. The molecule has 7 nitrogen and oxygen atoms in total. The molecular formula is C16H13F6N5O2. The van der Waals surface area contributed by atoms with Crippen molar-refractivity contribution in [3.8, 4) is 17.1 Å². The van der Waals surface area contributed by atoms with Crippen LogP contribution < -0.4 is 4.74 Å². The molecule has 0 fully saturated rings. The second kappa shape index (κ2) is 7.81. The average Bonchev–Trinajstić information content (AvgIpc) is 3.01. The lowest BCUT2D eigenvalue weighted by atomic mass is 10.1. The van der Waals surface area contributed by atoms with Gasteiger partial charge in [0.05, 0.1) is 5.69 Å². The monoisotopic (exact) mass is 421 g/mol. The zero-order chi connectivity index (χ0) is 21.3. The molecule has 0 saturated carbocycles. The van der Waals surface area contributed by atoms with Crippen molar-refractivity contribution in [1.82, 2.24) is 24.8 Å². The molecule has 3 rings (SSSR count). The number of fused-ring (bicyclic) bond motifs is 1. The van der Waals surface area contributed by atoms with Gasteiger partial charge in [0.2, 0.25) is 0 Å². The quantitative estimate of drug-likeness (QED) is 0.565. The number of ether oxygens (including phenoxy) is 2. The molecule has 0 N–H and O–H groups in total. The van der Waals surface area contributed by atoms with Crippen LogP contribution in [0.2, 0.25) is 0 Å². The van der Waals surface area contributed by atoms with Crippen LogP contribution in [0.25, 0.3) is 16.9 Å². The van der Waals surface area contributed by atoms with Gasteiger partial charge in [-0.1, -0.05) is 0 Å². The summed E-state index contributed by atoms with van der Waals surface area (Å²) in [5.74, 6) is -1.95. The van der Waals surface area contributed by atoms with Crippen LogP contribution in [0.4, 0.5) is 26.3 Å². The summed E-state index contributed by atoms with van der Waals surface area (Å²) in [6.07, 6.45) is -5.84. The van der Waals surface area contributed by atoms with Crippen LogP contribution in [0.15, 0.2) is 18.3 Å². The Balaban J connectivity index is 1.94. The lowest BCUT2D eigenvalue weighted by Gasteiger charge is -2.17. The number of hydrogen-bond donors (Lipinski definition) is 0. The second-order valence-electron chi connectivity index (χ2n) is 5.95. The third-order valence-electron chi connectivity index (χ3n) is 3.82. The standard InChI is InChI=1S/C16H13F6N5O2/c1-7-3-11-24-25-12(6-28-15(18)19)27(11)26-13(7)9-4-10(17)14(23-5-9)29-8(2)16(20,21)22/h3-5,8,15H,6H2,1-2H3/t8-/m0/s1. The minimum Gasteiger partial charge on any atom is -0.463 e. The Kier molecular flexibility index (Phi) is 5.59. The van der Waals surface area contributed by atoms with Gasteiger partial charge in [-0.2, -0.15) is 31.6 Å². The SMILES string of the molecule is Cc1cc2nnc(COC(F)F)n2nc1-c1cnc(O[C@@H](C)C(F)(F)F)c(F)c1. The first-order chi connectivity index (χ1) is 13.6. The number of pyridine rings is 1. The van der Waals surface area contributed by atoms with Crippen LogP contribution >= 0.6 is 0 Å². The summed E-state index contributed by atoms with van der Waals surface area (Å²) in [6.45, 7) is -1.23. The van der Waals surface area contributed by atoms with E-state index in [9.17, 15) is 26.3 Å². The van der Waals surface area contributed by atoms with Gasteiger partial charge in [-0.3, -0.25) is 0 Å². The largest absolute Gasteiger partial charge is 0.463 e. The first-order valence-electron chi connectivity index (χ1n) is 8.07. The summed E-state index contributed by atoms with van der Waals surface area (Å²) in [5, 5.41) is 11.7. The van der Waals surface area contributed by atoms with Crippen LogP contribution in [-0.2, 0) is 11.3 Å². The van der Waals surface area contributed by atoms with Crippen LogP contribution in [-0.4, -0.2) is 43.7 Å². The second-order valence-corrected chi connectivity index (χ2v) is 5.95. The van der Waals surface area contributed by atoms with Gasteiger partial charge in [0, 0.05) is 11.8 Å². The van der Waals surface area contributed by atoms with Crippen molar-refractivity contribution in [2.24, 2.45) is 0 Å². The highest BCUT2D eigenvalue weighted by atomic mass is 19.4. The van der Waals surface area contributed by atoms with Crippen LogP contribution in [0.1, 0.15) is 18.3 Å². The maximum absolute atomic E-state index is 14.2. The summed E-state index contributed by atoms with van der Waals surface area (Å²) >= 11 is 0. The number of aryl methyl sites for hydroxylation is 1. The van der Waals surface area contributed by atoms with Crippen LogP contribution in [0.3, 0.4) is 0 Å². The van der Waals surface area contributed by atoms with Gasteiger partial charge in [-0.25, -0.2) is 9.37 Å². The molecule has 0 aliphatic heterocycles. The highest BCUT2D eigenvalue weighted by molar-refractivity contribution is 5.64. The molecule has 3 aromatic rings. The van der Waals surface area contributed by atoms with Crippen molar-refractivity contribution in [2.45, 2.75) is 39.3 Å². The first-order valence-corrected chi connectivity index (χ1v) is 8.07. The van der Waals surface area contributed by atoms with Gasteiger partial charge in [0.25, 0.3) is 5.88 Å². The lowest BCUT2D eigenvalue weighted by Crippen LogP contribution is -2.31. The Bertz CT molecular complexity index is 1020. The minimum absolute atomic E-state index is 0.0195. The maximum Gasteiger partial charge on any atom is 0.425 e. The Morgan fingerprint density at radius 1 is 1.17 bits per heavy atom. The number of aromatic nitrogens is 5. The van der Waals surface area contributed by atoms with Crippen molar-refractivity contribution in [1.29, 1.82) is 0 Å². The van der Waals surface area contributed by atoms with Gasteiger partial charge in [-0.15, -0.1) is 10.2 Å². The van der Waals surface area contributed by atoms with Crippen molar-refractivity contribution in [3.05, 3.63) is 35.5 Å². The number of rotatable bonds is 6. The summed E-state index contributed by atoms with van der Waals surface area (Å²) in [4.78, 5) is 3.60. The van der Waals surface area contributed by atoms with Crippen LogP contribution in [0.5, 0.6) is 5.88 Å². The van der Waals surface area contributed by atoms with E-state index in [1.165, 1.54) is 6.07 Å². The van der Waals surface area contributed by atoms with E-state index in [4.69, 9.17) is 0 Å². The van der Waals surface area contributed by atoms with Crippen molar-refractivity contribution in [3.63, 3.8) is 0 Å². The molecular weight excluding hydrogens is 408 g/mol. The van der Waals surface area contributed by atoms with E-state index in [1.54, 1.807) is 6.92 Å². The van der Waals surface area contributed by atoms with Gasteiger partial charge >= 0.3 is 12.8 Å². The van der Waals surface area contributed by atoms with Gasteiger partial charge in [0.1, 0.15) is 6.61 Å². The van der Waals surface area contributed by atoms with Gasteiger partial charge in [-0.05, 0) is 31.5 Å². The number of hydrogen-bond acceptors (Lipinski definition) is 6. The summed E-state index contributed by atoms with van der Waals surface area (Å²) in [7, 11) is 0. The molecule has 0 aliphatic carbocycles. The fourth-order valence-electron chi connectivity index (χ4n) is 2.35. The molecule has 0 bridgehead atoms. The summed E-state index contributed by atoms with van der Waals surface area (Å²) in [6, 6.07) is 2.43. The zero-order valence-electron chi connectivity index (χ0n) is 14.9. The Hall–Kier alpha value is -2.96. The predicted molar refractivity (Wildman–Crippen MR) is 85.6 cm³/mol. The molecule has 13 heteroatoms. The molecule has 29 heavy (non-hydrogen) atoms. The summed E-state index contributed by atoms with van der Waals surface area (Å²) < 4.78 is 86.3. The minimum atomic E-state index is -4.68. The zero-order valence-corrected chi connectivity index (χ0v) is 14.9. The molecule has 0 radical (unpaired) electrons. The molecule has 3 aromatic heterocycles. The topological polar surface area (TPSA) is 74.4 Å². The van der Waals surface area contributed by atoms with E-state index in [1.807, 2.05) is 0 Å². The third-order valence-corrected chi connectivity index (χ3v) is 3.82. The van der Waals surface area contributed by atoms with E-state index in [0.717, 1.165) is 23.7 Å². The molecule has 0 aliphatic rings. The number of alkyl halides is 5. The smallest absolute Gasteiger partial charge is 0.425 e. The average molecular weight is 421 g/mol. The van der Waals surface area contributed by atoms with Crippen LogP contribution in [0, 0.1) is 12.7 Å². The van der Waals surface area contributed by atoms with Crippen molar-refractivity contribution in [2.75, 3.05) is 0 Å². The molecule has 0 spiro atoms. The van der Waals surface area contributed by atoms with Gasteiger partial charge < -0.3 is 9.47 Å². The van der Waals surface area contributed by atoms with Crippen molar-refractivity contribution >= 4 is 5.65 Å². The highest BCUT2D eigenvalue weighted by Gasteiger charge is 2.38. The lowest BCUT2D eigenvalue weighted by molar-refractivity contribution is -0.190. The number of nitrogens with zero attached hydrogens (tertiary/aromatic N) is 5. The van der Waals surface area contributed by atoms with E-state index in [0.29, 0.717) is 5.56 Å². The molecule has 0 unspecified atom stereocenters. The fraction of sp³-hybridized carbons (Fsp3) is 0.375. The highest BCUT2D eigenvalue weighted by Crippen LogP contribution is 2.28.